The summed E-state index contributed by atoms with van der Waals surface area (Å²) < 4.78 is 0. The summed E-state index contributed by atoms with van der Waals surface area (Å²) in [7, 11) is 0. The maximum atomic E-state index is 11.8. The van der Waals surface area contributed by atoms with Crippen molar-refractivity contribution in [2.24, 2.45) is 0 Å². The first kappa shape index (κ1) is 9.85. The Morgan fingerprint density at radius 2 is 1.81 bits per heavy atom. The summed E-state index contributed by atoms with van der Waals surface area (Å²) in [6.45, 7) is 2.05. The fraction of sp³-hybridized carbons (Fsp3) is 0.462. The summed E-state index contributed by atoms with van der Waals surface area (Å²) in [5, 5.41) is 3.36. The van der Waals surface area contributed by atoms with Gasteiger partial charge in [-0.25, -0.2) is 0 Å². The molecule has 0 atom stereocenters. The van der Waals surface area contributed by atoms with E-state index >= 15 is 0 Å². The normalized spacial score (nSPS) is 23.2. The first-order chi connectivity index (χ1) is 7.82. The predicted molar refractivity (Wildman–Crippen MR) is 63.4 cm³/mol. The number of amides is 1. The minimum Gasteiger partial charge on any atom is -0.317 e. The highest BCUT2D eigenvalue weighted by molar-refractivity contribution is 6.02. The van der Waals surface area contributed by atoms with Gasteiger partial charge in [0.05, 0.1) is 12.0 Å². The zero-order chi connectivity index (χ0) is 11.0. The number of carbonyl (C=O) groups is 1. The number of rotatable bonds is 1. The average molecular weight is 216 g/mol. The van der Waals surface area contributed by atoms with Gasteiger partial charge in [0.25, 0.3) is 0 Å². The van der Waals surface area contributed by atoms with Gasteiger partial charge < -0.3 is 10.2 Å². The molecule has 1 aromatic rings. The zero-order valence-corrected chi connectivity index (χ0v) is 9.28. The van der Waals surface area contributed by atoms with Crippen molar-refractivity contribution in [1.82, 2.24) is 5.32 Å². The molecule has 2 fully saturated rings. The van der Waals surface area contributed by atoms with Crippen LogP contribution in [0.15, 0.2) is 30.3 Å². The van der Waals surface area contributed by atoms with Gasteiger partial charge in [-0.05, 0) is 38.1 Å². The molecule has 0 aromatic heterocycles. The van der Waals surface area contributed by atoms with E-state index in [9.17, 15) is 4.79 Å². The smallest absolute Gasteiger partial charge is 0.229 e. The SMILES string of the molecule is O=C1CC2(CCNCC2)N1c1ccccc1. The molecule has 1 amide bonds. The quantitative estimate of drug-likeness (QED) is 0.722. The van der Waals surface area contributed by atoms with Crippen LogP contribution in [0.25, 0.3) is 0 Å². The van der Waals surface area contributed by atoms with Crippen LogP contribution in [-0.4, -0.2) is 24.5 Å². The highest BCUT2D eigenvalue weighted by Gasteiger charge is 2.51. The van der Waals surface area contributed by atoms with Gasteiger partial charge in [-0.3, -0.25) is 4.79 Å². The highest BCUT2D eigenvalue weighted by Crippen LogP contribution is 2.42. The summed E-state index contributed by atoms with van der Waals surface area (Å²) in [5.74, 6) is 0.271. The van der Waals surface area contributed by atoms with E-state index in [1.54, 1.807) is 0 Å². The van der Waals surface area contributed by atoms with Crippen LogP contribution in [0.5, 0.6) is 0 Å². The molecule has 0 saturated carbocycles. The number of nitrogens with zero attached hydrogens (tertiary/aromatic N) is 1. The summed E-state index contributed by atoms with van der Waals surface area (Å²) in [5.41, 5.74) is 1.17. The summed E-state index contributed by atoms with van der Waals surface area (Å²) >= 11 is 0. The van der Waals surface area contributed by atoms with Gasteiger partial charge >= 0.3 is 0 Å². The number of hydrogen-bond acceptors (Lipinski definition) is 2. The minimum absolute atomic E-state index is 0.115. The molecule has 0 unspecified atom stereocenters. The molecule has 1 N–H and O–H groups in total. The standard InChI is InChI=1S/C13H16N2O/c16-12-10-13(6-8-14-9-7-13)15(12)11-4-2-1-3-5-11/h1-5,14H,6-10H2. The fourth-order valence-electron chi connectivity index (χ4n) is 2.90. The van der Waals surface area contributed by atoms with E-state index in [4.69, 9.17) is 0 Å². The van der Waals surface area contributed by atoms with Crippen LogP contribution in [0.2, 0.25) is 0 Å². The summed E-state index contributed by atoms with van der Waals surface area (Å²) in [6.07, 6.45) is 2.88. The molecule has 0 radical (unpaired) electrons. The molecule has 0 aliphatic carbocycles. The molecule has 1 spiro atoms. The lowest BCUT2D eigenvalue weighted by molar-refractivity contribution is -0.128. The number of nitrogens with one attached hydrogen (secondary N) is 1. The third-order valence-corrected chi connectivity index (χ3v) is 3.75. The molecule has 2 heterocycles. The number of β-lactam (4-membered cyclic amide) rings is 1. The van der Waals surface area contributed by atoms with Crippen LogP contribution in [0.1, 0.15) is 19.3 Å². The monoisotopic (exact) mass is 216 g/mol. The van der Waals surface area contributed by atoms with Gasteiger partial charge in [0, 0.05) is 5.69 Å². The third kappa shape index (κ3) is 1.35. The molecule has 84 valence electrons. The summed E-state index contributed by atoms with van der Waals surface area (Å²) in [4.78, 5) is 13.8. The van der Waals surface area contributed by atoms with Crippen molar-refractivity contribution in [3.05, 3.63) is 30.3 Å². The van der Waals surface area contributed by atoms with Gasteiger partial charge in [-0.2, -0.15) is 0 Å². The van der Waals surface area contributed by atoms with Crippen LogP contribution < -0.4 is 10.2 Å². The lowest BCUT2D eigenvalue weighted by atomic mass is 9.76. The van der Waals surface area contributed by atoms with Crippen molar-refractivity contribution < 1.29 is 4.79 Å². The molecule has 0 bridgehead atoms. The molecular weight excluding hydrogens is 200 g/mol. The highest BCUT2D eigenvalue weighted by atomic mass is 16.2. The Bertz CT molecular complexity index is 396. The van der Waals surface area contributed by atoms with Crippen LogP contribution in [0, 0.1) is 0 Å². The van der Waals surface area contributed by atoms with Gasteiger partial charge in [0.2, 0.25) is 5.91 Å². The second kappa shape index (κ2) is 3.59. The van der Waals surface area contributed by atoms with Crippen LogP contribution >= 0.6 is 0 Å². The van der Waals surface area contributed by atoms with Crippen LogP contribution in [-0.2, 0) is 4.79 Å². The van der Waals surface area contributed by atoms with Crippen molar-refractivity contribution in [2.75, 3.05) is 18.0 Å². The molecule has 2 aliphatic rings. The predicted octanol–water partition coefficient (Wildman–Crippen LogP) is 1.55. The Balaban J connectivity index is 1.90. The topological polar surface area (TPSA) is 32.3 Å². The molecule has 3 rings (SSSR count). The van der Waals surface area contributed by atoms with Crippen LogP contribution in [0.3, 0.4) is 0 Å². The number of para-hydroxylation sites is 1. The van der Waals surface area contributed by atoms with E-state index in [2.05, 4.69) is 5.32 Å². The third-order valence-electron chi connectivity index (χ3n) is 3.75. The molecule has 3 heteroatoms. The van der Waals surface area contributed by atoms with Gasteiger partial charge in [0.15, 0.2) is 0 Å². The molecule has 16 heavy (non-hydrogen) atoms. The Kier molecular flexibility index (Phi) is 2.21. The second-order valence-corrected chi connectivity index (χ2v) is 4.72. The lowest BCUT2D eigenvalue weighted by Crippen LogP contribution is -2.67. The van der Waals surface area contributed by atoms with Gasteiger partial charge in [0.1, 0.15) is 0 Å². The van der Waals surface area contributed by atoms with E-state index in [-0.39, 0.29) is 11.4 Å². The Morgan fingerprint density at radius 3 is 2.44 bits per heavy atom. The Hall–Kier alpha value is -1.35. The van der Waals surface area contributed by atoms with Crippen molar-refractivity contribution in [1.29, 1.82) is 0 Å². The molecule has 2 aliphatic heterocycles. The Labute approximate surface area is 95.4 Å². The Morgan fingerprint density at radius 1 is 1.12 bits per heavy atom. The molecular formula is C13H16N2O. The second-order valence-electron chi connectivity index (χ2n) is 4.72. The number of hydrogen-bond donors (Lipinski definition) is 1. The van der Waals surface area contributed by atoms with Gasteiger partial charge in [-0.1, -0.05) is 18.2 Å². The molecule has 3 nitrogen and oxygen atoms in total. The lowest BCUT2D eigenvalue weighted by Gasteiger charge is -2.54. The first-order valence-electron chi connectivity index (χ1n) is 5.91. The zero-order valence-electron chi connectivity index (χ0n) is 9.28. The van der Waals surface area contributed by atoms with Gasteiger partial charge in [-0.15, -0.1) is 0 Å². The first-order valence-corrected chi connectivity index (χ1v) is 5.91. The number of benzene rings is 1. The van der Waals surface area contributed by atoms with E-state index < -0.39 is 0 Å². The largest absolute Gasteiger partial charge is 0.317 e. The van der Waals surface area contributed by atoms with E-state index in [1.165, 1.54) is 0 Å². The van der Waals surface area contributed by atoms with Crippen LogP contribution in [0.4, 0.5) is 5.69 Å². The van der Waals surface area contributed by atoms with Crippen molar-refractivity contribution in [2.45, 2.75) is 24.8 Å². The maximum Gasteiger partial charge on any atom is 0.229 e. The number of piperidine rings is 1. The molecule has 2 saturated heterocycles. The summed E-state index contributed by atoms with van der Waals surface area (Å²) in [6, 6.07) is 10.0. The minimum atomic E-state index is 0.115. The average Bonchev–Trinajstić information content (AvgIpc) is 2.31. The van der Waals surface area contributed by atoms with E-state index in [0.29, 0.717) is 0 Å². The van der Waals surface area contributed by atoms with Crippen molar-refractivity contribution in [3.8, 4) is 0 Å². The van der Waals surface area contributed by atoms with E-state index in [1.807, 2.05) is 35.2 Å². The number of anilines is 1. The van der Waals surface area contributed by atoms with E-state index in [0.717, 1.165) is 38.0 Å². The molecule has 1 aromatic carbocycles. The fourth-order valence-corrected chi connectivity index (χ4v) is 2.90. The van der Waals surface area contributed by atoms with Crippen molar-refractivity contribution >= 4 is 11.6 Å². The maximum absolute atomic E-state index is 11.8. The van der Waals surface area contributed by atoms with Crippen molar-refractivity contribution in [3.63, 3.8) is 0 Å². The number of carbonyl (C=O) groups excluding carboxylic acids is 1.